The van der Waals surface area contributed by atoms with Crippen LogP contribution in [0, 0.1) is 0 Å². The molecule has 1 heterocycles. The van der Waals surface area contributed by atoms with Crippen molar-refractivity contribution in [3.63, 3.8) is 0 Å². The van der Waals surface area contributed by atoms with Gasteiger partial charge in [0.15, 0.2) is 0 Å². The van der Waals surface area contributed by atoms with Crippen LogP contribution in [0.25, 0.3) is 0 Å². The normalized spacial score (nSPS) is 11.8. The smallest absolute Gasteiger partial charge is 0.132 e. The van der Waals surface area contributed by atoms with Gasteiger partial charge in [-0.05, 0) is 31.2 Å². The molecule has 2 nitrogen and oxygen atoms in total. The van der Waals surface area contributed by atoms with Crippen LogP contribution in [0.2, 0.25) is 0 Å². The lowest BCUT2D eigenvalue weighted by molar-refractivity contribution is 0.755. The second-order valence-electron chi connectivity index (χ2n) is 4.81. The summed E-state index contributed by atoms with van der Waals surface area (Å²) in [4.78, 5) is 8.95. The second-order valence-corrected chi connectivity index (χ2v) is 4.81. The van der Waals surface area contributed by atoms with E-state index < -0.39 is 0 Å². The van der Waals surface area contributed by atoms with E-state index >= 15 is 0 Å². The molecule has 0 N–H and O–H groups in total. The first-order valence-electron chi connectivity index (χ1n) is 7.27. The highest BCUT2D eigenvalue weighted by Gasteiger charge is 2.02. The number of aromatic nitrogens is 2. The summed E-state index contributed by atoms with van der Waals surface area (Å²) in [6, 6.07) is 0. The molecule has 0 radical (unpaired) electrons. The van der Waals surface area contributed by atoms with Crippen molar-refractivity contribution in [2.24, 2.45) is 0 Å². The van der Waals surface area contributed by atoms with Gasteiger partial charge in [0, 0.05) is 18.8 Å². The summed E-state index contributed by atoms with van der Waals surface area (Å²) < 4.78 is 0. The van der Waals surface area contributed by atoms with Crippen LogP contribution in [0.5, 0.6) is 0 Å². The zero-order valence-corrected chi connectivity index (χ0v) is 12.1. The largest absolute Gasteiger partial charge is 0.241 e. The summed E-state index contributed by atoms with van der Waals surface area (Å²) in [5.41, 5.74) is 2.73. The molecule has 0 fully saturated rings. The summed E-state index contributed by atoms with van der Waals surface area (Å²) >= 11 is 0. The fraction of sp³-hybridized carbons (Fsp3) is 0.625. The zero-order chi connectivity index (χ0) is 13.2. The van der Waals surface area contributed by atoms with Crippen LogP contribution in [0.1, 0.15) is 64.3 Å². The fourth-order valence-corrected chi connectivity index (χ4v) is 2.05. The highest BCUT2D eigenvalue weighted by molar-refractivity contribution is 5.12. The number of unbranched alkanes of at least 4 members (excludes halogenated alkanes) is 1. The van der Waals surface area contributed by atoms with Crippen LogP contribution >= 0.6 is 0 Å². The first-order chi connectivity index (χ1) is 8.80. The van der Waals surface area contributed by atoms with E-state index in [0.29, 0.717) is 0 Å². The first kappa shape index (κ1) is 14.9. The third kappa shape index (κ3) is 5.44. The van der Waals surface area contributed by atoms with Crippen LogP contribution in [0.4, 0.5) is 0 Å². The fourth-order valence-electron chi connectivity index (χ4n) is 2.05. The van der Waals surface area contributed by atoms with E-state index in [2.05, 4.69) is 36.8 Å². The maximum Gasteiger partial charge on any atom is 0.132 e. The number of allylic oxidation sites excluding steroid dienone is 2. The Hall–Kier alpha value is -1.18. The number of aryl methyl sites for hydroxylation is 1. The molecule has 0 aliphatic heterocycles. The van der Waals surface area contributed by atoms with Gasteiger partial charge in [-0.25, -0.2) is 9.97 Å². The number of hydrogen-bond donors (Lipinski definition) is 0. The molecule has 2 heteroatoms. The molecule has 0 aliphatic carbocycles. The molecule has 0 saturated carbocycles. The maximum absolute atomic E-state index is 4.48. The Labute approximate surface area is 112 Å². The minimum absolute atomic E-state index is 0.917. The van der Waals surface area contributed by atoms with Gasteiger partial charge in [0.05, 0.1) is 0 Å². The molecule has 1 rings (SSSR count). The highest BCUT2D eigenvalue weighted by atomic mass is 14.9. The monoisotopic (exact) mass is 246 g/mol. The third-order valence-electron chi connectivity index (χ3n) is 3.03. The van der Waals surface area contributed by atoms with Crippen LogP contribution in [-0.4, -0.2) is 9.97 Å². The molecule has 0 spiro atoms. The molecular formula is C16H26N2. The van der Waals surface area contributed by atoms with Gasteiger partial charge in [0.25, 0.3) is 0 Å². The predicted molar refractivity (Wildman–Crippen MR) is 77.6 cm³/mol. The van der Waals surface area contributed by atoms with E-state index in [0.717, 1.165) is 31.5 Å². The third-order valence-corrected chi connectivity index (χ3v) is 3.03. The van der Waals surface area contributed by atoms with Crippen molar-refractivity contribution in [2.45, 2.75) is 65.7 Å². The van der Waals surface area contributed by atoms with Crippen molar-refractivity contribution in [1.82, 2.24) is 9.97 Å². The maximum atomic E-state index is 4.48. The van der Waals surface area contributed by atoms with Crippen molar-refractivity contribution >= 4 is 0 Å². The van der Waals surface area contributed by atoms with Gasteiger partial charge in [-0.15, -0.1) is 0 Å². The van der Waals surface area contributed by atoms with Gasteiger partial charge in [-0.3, -0.25) is 0 Å². The van der Waals surface area contributed by atoms with E-state index in [1.54, 1.807) is 0 Å². The number of rotatable bonds is 8. The van der Waals surface area contributed by atoms with Gasteiger partial charge in [-0.1, -0.05) is 45.3 Å². The zero-order valence-electron chi connectivity index (χ0n) is 12.1. The minimum Gasteiger partial charge on any atom is -0.241 e. The topological polar surface area (TPSA) is 25.8 Å². The van der Waals surface area contributed by atoms with Crippen molar-refractivity contribution in [3.05, 3.63) is 35.4 Å². The quantitative estimate of drug-likeness (QED) is 0.631. The standard InChI is InChI=1S/C16H26N2/c1-4-7-10-14(8-5-2)11-16-17-12-15(9-6-3)13-18-16/h8,12-13H,4-7,9-11H2,1-3H3/b14-8+. The Morgan fingerprint density at radius 1 is 1.11 bits per heavy atom. The Balaban J connectivity index is 2.60. The van der Waals surface area contributed by atoms with Crippen LogP contribution < -0.4 is 0 Å². The molecule has 0 amide bonds. The molecule has 0 atom stereocenters. The summed E-state index contributed by atoms with van der Waals surface area (Å²) in [7, 11) is 0. The summed E-state index contributed by atoms with van der Waals surface area (Å²) in [6.45, 7) is 6.61. The summed E-state index contributed by atoms with van der Waals surface area (Å²) in [6.07, 6.45) is 14.2. The number of nitrogens with zero attached hydrogens (tertiary/aromatic N) is 2. The molecule has 0 aliphatic rings. The van der Waals surface area contributed by atoms with Crippen molar-refractivity contribution in [1.29, 1.82) is 0 Å². The van der Waals surface area contributed by atoms with Gasteiger partial charge in [0.1, 0.15) is 5.82 Å². The SMILES string of the molecule is CC/C=C(\CCCC)Cc1ncc(CCC)cn1. The lowest BCUT2D eigenvalue weighted by atomic mass is 10.0. The van der Waals surface area contributed by atoms with E-state index in [-0.39, 0.29) is 0 Å². The predicted octanol–water partition coefficient (Wildman–Crippen LogP) is 4.50. The van der Waals surface area contributed by atoms with Crippen molar-refractivity contribution in [3.8, 4) is 0 Å². The van der Waals surface area contributed by atoms with Gasteiger partial charge in [-0.2, -0.15) is 0 Å². The van der Waals surface area contributed by atoms with E-state index in [1.807, 2.05) is 12.4 Å². The van der Waals surface area contributed by atoms with Crippen LogP contribution in [0.3, 0.4) is 0 Å². The number of hydrogen-bond acceptors (Lipinski definition) is 2. The highest BCUT2D eigenvalue weighted by Crippen LogP contribution is 2.13. The summed E-state index contributed by atoms with van der Waals surface area (Å²) in [5.74, 6) is 0.964. The molecule has 0 saturated heterocycles. The summed E-state index contributed by atoms with van der Waals surface area (Å²) in [5, 5.41) is 0. The van der Waals surface area contributed by atoms with Gasteiger partial charge in [0.2, 0.25) is 0 Å². The van der Waals surface area contributed by atoms with Crippen molar-refractivity contribution in [2.75, 3.05) is 0 Å². The Bertz CT molecular complexity index is 352. The second kappa shape index (κ2) is 8.84. The average Bonchev–Trinajstić information content (AvgIpc) is 2.39. The van der Waals surface area contributed by atoms with Gasteiger partial charge < -0.3 is 0 Å². The molecular weight excluding hydrogens is 220 g/mol. The van der Waals surface area contributed by atoms with Gasteiger partial charge >= 0.3 is 0 Å². The average molecular weight is 246 g/mol. The molecule has 1 aromatic rings. The Morgan fingerprint density at radius 3 is 2.39 bits per heavy atom. The first-order valence-corrected chi connectivity index (χ1v) is 7.27. The minimum atomic E-state index is 0.917. The molecule has 0 aromatic carbocycles. The molecule has 0 unspecified atom stereocenters. The van der Waals surface area contributed by atoms with Crippen LogP contribution in [-0.2, 0) is 12.8 Å². The van der Waals surface area contributed by atoms with Crippen molar-refractivity contribution < 1.29 is 0 Å². The van der Waals surface area contributed by atoms with E-state index in [9.17, 15) is 0 Å². The lowest BCUT2D eigenvalue weighted by Crippen LogP contribution is -1.99. The Kier molecular flexibility index (Phi) is 7.31. The molecule has 0 bridgehead atoms. The molecule has 18 heavy (non-hydrogen) atoms. The van der Waals surface area contributed by atoms with Crippen LogP contribution in [0.15, 0.2) is 24.0 Å². The van der Waals surface area contributed by atoms with E-state index in [4.69, 9.17) is 0 Å². The molecule has 1 aromatic heterocycles. The van der Waals surface area contributed by atoms with E-state index in [1.165, 1.54) is 30.4 Å². The molecule has 100 valence electrons. The Morgan fingerprint density at radius 2 is 1.83 bits per heavy atom. The lowest BCUT2D eigenvalue weighted by Gasteiger charge is -2.06.